The molecule has 84 valence electrons. The van der Waals surface area contributed by atoms with Crippen molar-refractivity contribution < 1.29 is 9.59 Å². The largest absolute Gasteiger partial charge is 0.344 e. The molecular formula is C11H11ClN2O2. The van der Waals surface area contributed by atoms with Crippen LogP contribution in [0.5, 0.6) is 0 Å². The molecule has 4 nitrogen and oxygen atoms in total. The molecule has 0 aliphatic carbocycles. The second-order valence-electron chi connectivity index (χ2n) is 2.96. The van der Waals surface area contributed by atoms with E-state index in [0.717, 1.165) is 0 Å². The maximum Gasteiger partial charge on any atom is 0.313 e. The Kier molecular flexibility index (Phi) is 4.54. The van der Waals surface area contributed by atoms with E-state index in [1.54, 1.807) is 24.3 Å². The van der Waals surface area contributed by atoms with E-state index >= 15 is 0 Å². The maximum atomic E-state index is 11.3. The molecule has 0 spiro atoms. The minimum atomic E-state index is -0.718. The van der Waals surface area contributed by atoms with Crippen LogP contribution < -0.4 is 10.6 Å². The lowest BCUT2D eigenvalue weighted by Crippen LogP contribution is -2.35. The highest BCUT2D eigenvalue weighted by molar-refractivity contribution is 6.39. The molecule has 2 N–H and O–H groups in total. The summed E-state index contributed by atoms with van der Waals surface area (Å²) in [4.78, 5) is 22.5. The normalized spacial score (nSPS) is 9.31. The van der Waals surface area contributed by atoms with E-state index in [0.29, 0.717) is 10.7 Å². The Morgan fingerprint density at radius 1 is 1.25 bits per heavy atom. The molecule has 0 bridgehead atoms. The monoisotopic (exact) mass is 238 g/mol. The molecule has 5 heteroatoms. The van der Waals surface area contributed by atoms with Gasteiger partial charge in [0, 0.05) is 17.3 Å². The minimum Gasteiger partial charge on any atom is -0.344 e. The first-order valence-corrected chi connectivity index (χ1v) is 4.97. The Labute approximate surface area is 98.3 Å². The average Bonchev–Trinajstić information content (AvgIpc) is 2.29. The van der Waals surface area contributed by atoms with Crippen LogP contribution in [0.1, 0.15) is 0 Å². The van der Waals surface area contributed by atoms with Crippen molar-refractivity contribution in [3.63, 3.8) is 0 Å². The first-order valence-electron chi connectivity index (χ1n) is 4.59. The second-order valence-corrected chi connectivity index (χ2v) is 3.40. The minimum absolute atomic E-state index is 0.257. The lowest BCUT2D eigenvalue weighted by atomic mass is 10.3. The number of nitrogens with one attached hydrogen (secondary N) is 2. The first-order chi connectivity index (χ1) is 7.63. The second kappa shape index (κ2) is 5.92. The average molecular weight is 239 g/mol. The molecule has 0 aromatic heterocycles. The van der Waals surface area contributed by atoms with Gasteiger partial charge in [-0.05, 0) is 24.3 Å². The summed E-state index contributed by atoms with van der Waals surface area (Å²) in [7, 11) is 0. The number of benzene rings is 1. The van der Waals surface area contributed by atoms with E-state index in [9.17, 15) is 9.59 Å². The van der Waals surface area contributed by atoms with Gasteiger partial charge in [0.15, 0.2) is 0 Å². The Balaban J connectivity index is 2.54. The van der Waals surface area contributed by atoms with Crippen LogP contribution in [-0.4, -0.2) is 18.4 Å². The summed E-state index contributed by atoms with van der Waals surface area (Å²) >= 11 is 5.68. The molecule has 0 saturated heterocycles. The molecule has 1 aromatic rings. The van der Waals surface area contributed by atoms with Crippen molar-refractivity contribution in [3.05, 3.63) is 41.9 Å². The zero-order valence-corrected chi connectivity index (χ0v) is 9.25. The third kappa shape index (κ3) is 3.74. The Morgan fingerprint density at radius 3 is 2.44 bits per heavy atom. The van der Waals surface area contributed by atoms with Gasteiger partial charge in [-0.1, -0.05) is 17.7 Å². The quantitative estimate of drug-likeness (QED) is 0.621. The molecule has 0 radical (unpaired) electrons. The highest BCUT2D eigenvalue weighted by atomic mass is 35.5. The number of carbonyl (C=O) groups is 2. The number of halogens is 1. The smallest absolute Gasteiger partial charge is 0.313 e. The number of amides is 2. The molecule has 1 aromatic carbocycles. The fourth-order valence-corrected chi connectivity index (χ4v) is 1.09. The molecular weight excluding hydrogens is 228 g/mol. The molecule has 0 atom stereocenters. The molecule has 0 heterocycles. The van der Waals surface area contributed by atoms with Gasteiger partial charge in [-0.2, -0.15) is 0 Å². The van der Waals surface area contributed by atoms with Gasteiger partial charge in [0.1, 0.15) is 0 Å². The molecule has 0 saturated carbocycles. The van der Waals surface area contributed by atoms with E-state index in [2.05, 4.69) is 17.2 Å². The van der Waals surface area contributed by atoms with Crippen molar-refractivity contribution in [3.8, 4) is 0 Å². The Morgan fingerprint density at radius 2 is 1.88 bits per heavy atom. The van der Waals surface area contributed by atoms with Crippen LogP contribution in [0, 0.1) is 0 Å². The van der Waals surface area contributed by atoms with Crippen molar-refractivity contribution in [2.45, 2.75) is 0 Å². The van der Waals surface area contributed by atoms with Crippen LogP contribution in [0.15, 0.2) is 36.9 Å². The fourth-order valence-electron chi connectivity index (χ4n) is 0.966. The van der Waals surface area contributed by atoms with Crippen molar-refractivity contribution in [2.24, 2.45) is 0 Å². The summed E-state index contributed by atoms with van der Waals surface area (Å²) in [5, 5.41) is 5.37. The molecule has 1 rings (SSSR count). The van der Waals surface area contributed by atoms with E-state index in [-0.39, 0.29) is 6.54 Å². The van der Waals surface area contributed by atoms with Crippen molar-refractivity contribution in [2.75, 3.05) is 11.9 Å². The van der Waals surface area contributed by atoms with E-state index in [1.165, 1.54) is 6.08 Å². The van der Waals surface area contributed by atoms with E-state index < -0.39 is 11.8 Å². The predicted octanol–water partition coefficient (Wildman–Crippen LogP) is 1.58. The Hall–Kier alpha value is -1.81. The topological polar surface area (TPSA) is 58.2 Å². The Bertz CT molecular complexity index is 401. The van der Waals surface area contributed by atoms with E-state index in [1.807, 2.05) is 0 Å². The van der Waals surface area contributed by atoms with Crippen LogP contribution in [0.25, 0.3) is 0 Å². The van der Waals surface area contributed by atoms with Gasteiger partial charge >= 0.3 is 11.8 Å². The van der Waals surface area contributed by atoms with Crippen LogP contribution in [0.3, 0.4) is 0 Å². The molecule has 0 unspecified atom stereocenters. The number of anilines is 1. The molecule has 16 heavy (non-hydrogen) atoms. The molecule has 0 fully saturated rings. The molecule has 0 aliphatic heterocycles. The van der Waals surface area contributed by atoms with Gasteiger partial charge in [-0.25, -0.2) is 0 Å². The molecule has 0 aliphatic rings. The zero-order valence-electron chi connectivity index (χ0n) is 8.50. The predicted molar refractivity (Wildman–Crippen MR) is 63.3 cm³/mol. The van der Waals surface area contributed by atoms with Gasteiger partial charge in [-0.3, -0.25) is 9.59 Å². The van der Waals surface area contributed by atoms with Crippen molar-refractivity contribution >= 4 is 29.1 Å². The summed E-state index contributed by atoms with van der Waals surface area (Å²) in [5.41, 5.74) is 0.517. The van der Waals surface area contributed by atoms with E-state index in [4.69, 9.17) is 11.6 Å². The fraction of sp³-hybridized carbons (Fsp3) is 0.0909. The number of rotatable bonds is 3. The summed E-state index contributed by atoms with van der Waals surface area (Å²) < 4.78 is 0. The van der Waals surface area contributed by atoms with Crippen LogP contribution in [-0.2, 0) is 9.59 Å². The summed E-state index contributed by atoms with van der Waals surface area (Å²) in [6, 6.07) is 6.47. The third-order valence-electron chi connectivity index (χ3n) is 1.72. The molecule has 2 amide bonds. The summed E-state index contributed by atoms with van der Waals surface area (Å²) in [5.74, 6) is -1.42. The van der Waals surface area contributed by atoms with Gasteiger partial charge in [-0.15, -0.1) is 6.58 Å². The lowest BCUT2D eigenvalue weighted by molar-refractivity contribution is -0.136. The number of hydrogen-bond donors (Lipinski definition) is 2. The first kappa shape index (κ1) is 12.3. The number of hydrogen-bond acceptors (Lipinski definition) is 2. The van der Waals surface area contributed by atoms with Crippen LogP contribution in [0.2, 0.25) is 5.02 Å². The summed E-state index contributed by atoms with van der Waals surface area (Å²) in [6.45, 7) is 3.68. The standard InChI is InChI=1S/C11H11ClN2O2/c1-2-7-13-10(15)11(16)14-9-5-3-8(12)4-6-9/h2-6H,1,7H2,(H,13,15)(H,14,16). The van der Waals surface area contributed by atoms with Crippen LogP contribution in [0.4, 0.5) is 5.69 Å². The highest BCUT2D eigenvalue weighted by Gasteiger charge is 2.11. The van der Waals surface area contributed by atoms with Gasteiger partial charge < -0.3 is 10.6 Å². The van der Waals surface area contributed by atoms with Gasteiger partial charge in [0.2, 0.25) is 0 Å². The number of carbonyl (C=O) groups excluding carboxylic acids is 2. The maximum absolute atomic E-state index is 11.3. The summed E-state index contributed by atoms with van der Waals surface area (Å²) in [6.07, 6.45) is 1.49. The lowest BCUT2D eigenvalue weighted by Gasteiger charge is -2.04. The van der Waals surface area contributed by atoms with Gasteiger partial charge in [0.05, 0.1) is 0 Å². The zero-order chi connectivity index (χ0) is 12.0. The van der Waals surface area contributed by atoms with Crippen LogP contribution >= 0.6 is 11.6 Å². The SMILES string of the molecule is C=CCNC(=O)C(=O)Nc1ccc(Cl)cc1. The third-order valence-corrected chi connectivity index (χ3v) is 1.97. The van der Waals surface area contributed by atoms with Crippen molar-refractivity contribution in [1.29, 1.82) is 0 Å². The van der Waals surface area contributed by atoms with Crippen molar-refractivity contribution in [1.82, 2.24) is 5.32 Å². The highest BCUT2D eigenvalue weighted by Crippen LogP contribution is 2.12. The van der Waals surface area contributed by atoms with Gasteiger partial charge in [0.25, 0.3) is 0 Å².